The Labute approximate surface area is 299 Å². The zero-order chi connectivity index (χ0) is 32.4. The SMILES string of the molecule is [C-]#[O+].[C-]#[O+].[C-]#[O+].[C-]#[O+].[Fe].[W].[c-]1[c-][c-][c-](P(c2ccccc2)c2ccccc2)[c-]1.c1ccc(P(c2ccccc2)[c-]2cccc2)cc1. The van der Waals surface area contributed by atoms with Gasteiger partial charge in [0, 0.05) is 38.1 Å². The Balaban J connectivity index is 0. The molecule has 0 aromatic heterocycles. The van der Waals surface area contributed by atoms with Crippen LogP contribution < -0.4 is 31.8 Å². The van der Waals surface area contributed by atoms with E-state index in [0.29, 0.717) is 0 Å². The second-order valence-corrected chi connectivity index (χ2v) is 12.4. The number of rotatable bonds is 6. The van der Waals surface area contributed by atoms with Gasteiger partial charge in [-0.15, -0.1) is 5.30 Å². The summed E-state index contributed by atoms with van der Waals surface area (Å²) in [5.41, 5.74) is 0. The van der Waals surface area contributed by atoms with Crippen molar-refractivity contribution >= 4 is 47.7 Å². The maximum atomic E-state index is 7.50. The van der Waals surface area contributed by atoms with Gasteiger partial charge in [-0.1, -0.05) is 140 Å². The number of hydrogen-bond donors (Lipinski definition) is 0. The molecule has 0 heterocycles. The van der Waals surface area contributed by atoms with Crippen LogP contribution in [0.1, 0.15) is 0 Å². The third-order valence-corrected chi connectivity index (χ3v) is 10.4. The molecule has 0 amide bonds. The summed E-state index contributed by atoms with van der Waals surface area (Å²) in [6.07, 6.45) is 0. The van der Waals surface area contributed by atoms with Crippen LogP contribution in [0.4, 0.5) is 0 Å². The molecule has 0 saturated carbocycles. The molecule has 6 aromatic rings. The Morgan fingerprint density at radius 1 is 0.413 bits per heavy atom. The molecule has 230 valence electrons. The van der Waals surface area contributed by atoms with Crippen molar-refractivity contribution in [3.63, 3.8) is 0 Å². The van der Waals surface area contributed by atoms with Crippen LogP contribution in [-0.2, 0) is 56.7 Å². The van der Waals surface area contributed by atoms with Crippen LogP contribution in [0.5, 0.6) is 0 Å². The van der Waals surface area contributed by atoms with E-state index in [0.717, 1.165) is 5.30 Å². The molecule has 0 radical (unpaired) electrons. The number of benzene rings is 4. The average molecular weight is 846 g/mol. The molecule has 6 aromatic carbocycles. The van der Waals surface area contributed by atoms with Crippen molar-refractivity contribution in [2.45, 2.75) is 0 Å². The van der Waals surface area contributed by atoms with Crippen LogP contribution in [0.15, 0.2) is 146 Å². The molecule has 4 nitrogen and oxygen atoms in total. The predicted octanol–water partition coefficient (Wildman–Crippen LogP) is 5.37. The van der Waals surface area contributed by atoms with Gasteiger partial charge in [0.15, 0.2) is 0 Å². The summed E-state index contributed by atoms with van der Waals surface area (Å²) in [6.45, 7) is 18.0. The van der Waals surface area contributed by atoms with E-state index in [9.17, 15) is 0 Å². The van der Waals surface area contributed by atoms with Crippen LogP contribution in [-0.4, -0.2) is 0 Å². The van der Waals surface area contributed by atoms with Crippen molar-refractivity contribution in [3.8, 4) is 0 Å². The van der Waals surface area contributed by atoms with E-state index in [1.54, 1.807) is 0 Å². The van der Waals surface area contributed by atoms with Gasteiger partial charge in [0.25, 0.3) is 0 Å². The molecule has 0 unspecified atom stereocenters. The number of hydrogen-bond acceptors (Lipinski definition) is 0. The van der Waals surface area contributed by atoms with Gasteiger partial charge in [0.05, 0.1) is 0 Å². The van der Waals surface area contributed by atoms with Crippen molar-refractivity contribution in [2.75, 3.05) is 0 Å². The predicted molar refractivity (Wildman–Crippen MR) is 173 cm³/mol. The van der Waals surface area contributed by atoms with Crippen molar-refractivity contribution < 1.29 is 56.7 Å². The summed E-state index contributed by atoms with van der Waals surface area (Å²) < 4.78 is 30.0. The van der Waals surface area contributed by atoms with Crippen LogP contribution >= 0.6 is 15.8 Å². The van der Waals surface area contributed by atoms with E-state index in [2.05, 4.69) is 184 Å². The molecule has 46 heavy (non-hydrogen) atoms. The summed E-state index contributed by atoms with van der Waals surface area (Å²) in [5.74, 6) is 0. The second kappa shape index (κ2) is 29.0. The first-order valence-corrected chi connectivity index (χ1v) is 15.3. The van der Waals surface area contributed by atoms with Crippen molar-refractivity contribution in [1.82, 2.24) is 0 Å². The van der Waals surface area contributed by atoms with E-state index >= 15 is 0 Å². The summed E-state index contributed by atoms with van der Waals surface area (Å²) in [6, 6.07) is 63.2. The molecule has 0 N–H and O–H groups in total. The Hall–Kier alpha value is -3.39. The topological polar surface area (TPSA) is 79.6 Å². The molecule has 0 saturated heterocycles. The largest absolute Gasteiger partial charge is 0.998 e. The normalized spacial score (nSPS) is 8.57. The minimum absolute atomic E-state index is 0. The van der Waals surface area contributed by atoms with Crippen molar-refractivity contribution in [3.05, 3.63) is 196 Å². The van der Waals surface area contributed by atoms with Crippen LogP contribution in [0, 0.1) is 50.9 Å². The van der Waals surface area contributed by atoms with Gasteiger partial charge >= 0.3 is 45.2 Å². The molecule has 6 rings (SSSR count). The maximum Gasteiger partial charge on any atom is 0 e. The summed E-state index contributed by atoms with van der Waals surface area (Å²) in [7, 11) is -0.992. The monoisotopic (exact) mass is 846 g/mol. The maximum absolute atomic E-state index is 7.50. The first kappa shape index (κ1) is 44.7. The summed E-state index contributed by atoms with van der Waals surface area (Å²) >= 11 is 0. The fourth-order valence-electron chi connectivity index (χ4n) is 4.00. The minimum atomic E-state index is -0.583. The Bertz CT molecular complexity index is 1390. The van der Waals surface area contributed by atoms with Crippen molar-refractivity contribution in [1.29, 1.82) is 0 Å². The van der Waals surface area contributed by atoms with E-state index in [1.165, 1.54) is 26.5 Å². The van der Waals surface area contributed by atoms with Gasteiger partial charge in [0.2, 0.25) is 0 Å². The van der Waals surface area contributed by atoms with Gasteiger partial charge in [-0.3, -0.25) is 0 Å². The van der Waals surface area contributed by atoms with Crippen molar-refractivity contribution in [2.24, 2.45) is 0 Å². The molecule has 0 atom stereocenters. The quantitative estimate of drug-likeness (QED) is 0.0937. The second-order valence-electron chi connectivity index (χ2n) is 8.00. The molecule has 0 spiro atoms. The molecule has 0 bridgehead atoms. The fourth-order valence-corrected chi connectivity index (χ4v) is 8.40. The Morgan fingerprint density at radius 3 is 0.957 bits per heavy atom. The van der Waals surface area contributed by atoms with Gasteiger partial charge in [-0.05, 0) is 10.6 Å². The van der Waals surface area contributed by atoms with Crippen LogP contribution in [0.2, 0.25) is 0 Å². The van der Waals surface area contributed by atoms with Gasteiger partial charge < -0.3 is 29.6 Å². The molecule has 0 fully saturated rings. The zero-order valence-corrected chi connectivity index (χ0v) is 30.0. The first-order valence-electron chi connectivity index (χ1n) is 12.6. The fraction of sp³-hybridized carbons (Fsp3) is 0. The van der Waals surface area contributed by atoms with E-state index < -0.39 is 15.8 Å². The van der Waals surface area contributed by atoms with Crippen LogP contribution in [0.3, 0.4) is 0 Å². The third-order valence-electron chi connectivity index (χ3n) is 5.61. The third kappa shape index (κ3) is 14.4. The van der Waals surface area contributed by atoms with E-state index in [4.69, 9.17) is 18.6 Å². The van der Waals surface area contributed by atoms with Crippen LogP contribution in [0.25, 0.3) is 0 Å². The molecule has 0 aliphatic carbocycles. The molecule has 8 heteroatoms. The minimum Gasteiger partial charge on any atom is -0.998 e. The molecule has 0 aliphatic rings. The standard InChI is InChI=1S/C17H14P.C17H10P.4CO.Fe.W/c2*1-3-9-15(10-4-1)18(17-13-7-8-14-17)16-11-5-2-6-12-16;4*1-2;;/h1-14H;1-6,9-12H;;;;;;/q-1;-5;;;;;;. The van der Waals surface area contributed by atoms with Gasteiger partial charge in [0.1, 0.15) is 0 Å². The van der Waals surface area contributed by atoms with E-state index in [1.807, 2.05) is 12.1 Å². The molecule has 0 aliphatic heterocycles. The summed E-state index contributed by atoms with van der Waals surface area (Å²) in [4.78, 5) is 0. The first-order chi connectivity index (χ1) is 21.9. The Kier molecular flexibility index (Phi) is 28.2. The zero-order valence-electron chi connectivity index (χ0n) is 24.1. The molecular weight excluding hydrogens is 822 g/mol. The van der Waals surface area contributed by atoms with Gasteiger partial charge in [-0.25, -0.2) is 20.1 Å². The summed E-state index contributed by atoms with van der Waals surface area (Å²) in [5, 5.41) is 7.90. The molecular formula is C38H24FeO4P2W-6. The van der Waals surface area contributed by atoms with E-state index in [-0.39, 0.29) is 38.1 Å². The van der Waals surface area contributed by atoms with Gasteiger partial charge in [-0.2, -0.15) is 12.1 Å². The average Bonchev–Trinajstić information content (AvgIpc) is 3.87. The smallest absolute Gasteiger partial charge is 0 e. The Morgan fingerprint density at radius 2 is 0.674 bits per heavy atom.